The molecule has 10 nitrogen and oxygen atoms in total. The summed E-state index contributed by atoms with van der Waals surface area (Å²) in [5.74, 6) is -3.83. The van der Waals surface area contributed by atoms with Gasteiger partial charge in [0.15, 0.2) is 0 Å². The zero-order valence-electron chi connectivity index (χ0n) is 15.8. The molecule has 156 valence electrons. The number of aliphatic carboxylic acids is 2. The van der Waals surface area contributed by atoms with Gasteiger partial charge in [0.25, 0.3) is 0 Å². The van der Waals surface area contributed by atoms with Gasteiger partial charge in [0.1, 0.15) is 12.1 Å². The third kappa shape index (κ3) is 6.04. The quantitative estimate of drug-likeness (QED) is 0.322. The minimum Gasteiger partial charge on any atom is -0.481 e. The van der Waals surface area contributed by atoms with Gasteiger partial charge in [-0.05, 0) is 25.0 Å². The van der Waals surface area contributed by atoms with Crippen molar-refractivity contribution in [1.82, 2.24) is 15.6 Å². The summed E-state index contributed by atoms with van der Waals surface area (Å²) in [6.07, 6.45) is 1.11. The van der Waals surface area contributed by atoms with Crippen LogP contribution in [-0.4, -0.2) is 57.1 Å². The number of hydrogen-bond acceptors (Lipinski definition) is 5. The fourth-order valence-electron chi connectivity index (χ4n) is 2.83. The number of carbonyl (C=O) groups excluding carboxylic acids is 2. The minimum atomic E-state index is -1.39. The van der Waals surface area contributed by atoms with Crippen molar-refractivity contribution in [1.29, 1.82) is 0 Å². The lowest BCUT2D eigenvalue weighted by Crippen LogP contribution is -2.54. The van der Waals surface area contributed by atoms with Crippen LogP contribution in [0.4, 0.5) is 0 Å². The summed E-state index contributed by atoms with van der Waals surface area (Å²) in [4.78, 5) is 50.0. The number of aromatic amines is 1. The molecular formula is C19H24N4O6. The number of benzene rings is 1. The van der Waals surface area contributed by atoms with E-state index in [2.05, 4.69) is 15.6 Å². The van der Waals surface area contributed by atoms with Crippen molar-refractivity contribution < 1.29 is 29.4 Å². The van der Waals surface area contributed by atoms with Crippen molar-refractivity contribution in [3.8, 4) is 0 Å². The molecule has 0 aliphatic heterocycles. The van der Waals surface area contributed by atoms with Crippen molar-refractivity contribution >= 4 is 34.7 Å². The molecule has 1 aromatic carbocycles. The van der Waals surface area contributed by atoms with Gasteiger partial charge in [-0.15, -0.1) is 0 Å². The molecular weight excluding hydrogens is 380 g/mol. The van der Waals surface area contributed by atoms with Crippen molar-refractivity contribution in [3.63, 3.8) is 0 Å². The summed E-state index contributed by atoms with van der Waals surface area (Å²) in [6, 6.07) is 4.06. The number of H-pyrrole nitrogens is 1. The van der Waals surface area contributed by atoms with Crippen LogP contribution in [0.25, 0.3) is 10.9 Å². The maximum atomic E-state index is 12.7. The van der Waals surface area contributed by atoms with Crippen molar-refractivity contribution in [2.24, 2.45) is 5.73 Å². The highest BCUT2D eigenvalue weighted by atomic mass is 16.4. The highest BCUT2D eigenvalue weighted by molar-refractivity contribution is 5.92. The second-order valence-electron chi connectivity index (χ2n) is 6.75. The van der Waals surface area contributed by atoms with E-state index in [0.717, 1.165) is 16.5 Å². The summed E-state index contributed by atoms with van der Waals surface area (Å²) in [5.41, 5.74) is 7.17. The standard InChI is InChI=1S/C19H24N4O6/c1-10(20)17(26)23-15(8-11-9-21-13-5-3-2-4-12(11)13)18(27)22-14(19(28)29)6-7-16(24)25/h2-5,9-10,14-15,21H,6-8,20H2,1H3,(H,22,27)(H,23,26)(H,24,25)(H,28,29). The highest BCUT2D eigenvalue weighted by Crippen LogP contribution is 2.19. The third-order valence-electron chi connectivity index (χ3n) is 4.41. The molecule has 1 heterocycles. The number of rotatable bonds is 10. The van der Waals surface area contributed by atoms with E-state index in [0.29, 0.717) is 0 Å². The number of carbonyl (C=O) groups is 4. The summed E-state index contributed by atoms with van der Waals surface area (Å²) < 4.78 is 0. The van der Waals surface area contributed by atoms with E-state index in [1.165, 1.54) is 6.92 Å². The number of aromatic nitrogens is 1. The molecule has 3 atom stereocenters. The van der Waals surface area contributed by atoms with Crippen LogP contribution in [-0.2, 0) is 25.6 Å². The predicted octanol–water partition coefficient (Wildman–Crippen LogP) is -0.0234. The first-order valence-electron chi connectivity index (χ1n) is 9.05. The van der Waals surface area contributed by atoms with E-state index in [1.54, 1.807) is 6.20 Å². The maximum absolute atomic E-state index is 12.7. The second kappa shape index (κ2) is 9.69. The molecule has 0 saturated carbocycles. The van der Waals surface area contributed by atoms with Gasteiger partial charge in [0, 0.05) is 29.9 Å². The van der Waals surface area contributed by atoms with Crippen LogP contribution < -0.4 is 16.4 Å². The van der Waals surface area contributed by atoms with Gasteiger partial charge in [-0.3, -0.25) is 14.4 Å². The number of nitrogens with one attached hydrogen (secondary N) is 3. The van der Waals surface area contributed by atoms with E-state index in [9.17, 15) is 24.3 Å². The van der Waals surface area contributed by atoms with Crippen molar-refractivity contribution in [2.75, 3.05) is 0 Å². The van der Waals surface area contributed by atoms with Gasteiger partial charge >= 0.3 is 11.9 Å². The lowest BCUT2D eigenvalue weighted by molar-refractivity contribution is -0.143. The first kappa shape index (κ1) is 21.9. The maximum Gasteiger partial charge on any atom is 0.326 e. The Morgan fingerprint density at radius 3 is 2.34 bits per heavy atom. The van der Waals surface area contributed by atoms with Crippen LogP contribution in [0.2, 0.25) is 0 Å². The van der Waals surface area contributed by atoms with Crippen LogP contribution in [0.1, 0.15) is 25.3 Å². The molecule has 2 amide bonds. The normalized spacial score (nSPS) is 14.0. The monoisotopic (exact) mass is 404 g/mol. The Balaban J connectivity index is 2.21. The van der Waals surface area contributed by atoms with E-state index in [-0.39, 0.29) is 12.8 Å². The lowest BCUT2D eigenvalue weighted by Gasteiger charge is -2.22. The number of para-hydroxylation sites is 1. The van der Waals surface area contributed by atoms with Crippen molar-refractivity contribution in [3.05, 3.63) is 36.0 Å². The molecule has 0 saturated heterocycles. The first-order chi connectivity index (χ1) is 13.7. The molecule has 0 aliphatic carbocycles. The molecule has 0 spiro atoms. The summed E-state index contributed by atoms with van der Waals surface area (Å²) in [7, 11) is 0. The van der Waals surface area contributed by atoms with Crippen LogP contribution >= 0.6 is 0 Å². The number of carboxylic acids is 2. The SMILES string of the molecule is CC(N)C(=O)NC(Cc1c[nH]c2ccccc12)C(=O)NC(CCC(=O)O)C(=O)O. The van der Waals surface area contributed by atoms with Gasteiger partial charge in [-0.25, -0.2) is 4.79 Å². The second-order valence-corrected chi connectivity index (χ2v) is 6.75. The van der Waals surface area contributed by atoms with Gasteiger partial charge in [0.05, 0.1) is 6.04 Å². The smallest absolute Gasteiger partial charge is 0.326 e. The summed E-state index contributed by atoms with van der Waals surface area (Å²) >= 11 is 0. The predicted molar refractivity (Wildman–Crippen MR) is 104 cm³/mol. The Morgan fingerprint density at radius 2 is 1.72 bits per heavy atom. The molecule has 0 aliphatic rings. The first-order valence-corrected chi connectivity index (χ1v) is 9.05. The van der Waals surface area contributed by atoms with E-state index < -0.39 is 48.3 Å². The largest absolute Gasteiger partial charge is 0.481 e. The van der Waals surface area contributed by atoms with Crippen LogP contribution in [0, 0.1) is 0 Å². The molecule has 2 aromatic rings. The zero-order chi connectivity index (χ0) is 21.6. The Kier molecular flexibility index (Phi) is 7.32. The average Bonchev–Trinajstić information content (AvgIpc) is 3.06. The third-order valence-corrected chi connectivity index (χ3v) is 4.41. The van der Waals surface area contributed by atoms with E-state index >= 15 is 0 Å². The molecule has 1 aromatic heterocycles. The molecule has 10 heteroatoms. The van der Waals surface area contributed by atoms with Gasteiger partial charge < -0.3 is 31.6 Å². The van der Waals surface area contributed by atoms with Gasteiger partial charge in [-0.2, -0.15) is 0 Å². The molecule has 29 heavy (non-hydrogen) atoms. The number of carboxylic acid groups (broad SMARTS) is 2. The van der Waals surface area contributed by atoms with Crippen LogP contribution in [0.5, 0.6) is 0 Å². The molecule has 0 fully saturated rings. The molecule has 0 bridgehead atoms. The number of nitrogens with two attached hydrogens (primary N) is 1. The Labute approximate surface area is 166 Å². The Morgan fingerprint density at radius 1 is 1.07 bits per heavy atom. The number of hydrogen-bond donors (Lipinski definition) is 6. The molecule has 7 N–H and O–H groups in total. The lowest BCUT2D eigenvalue weighted by atomic mass is 10.0. The number of amides is 2. The molecule has 3 unspecified atom stereocenters. The minimum absolute atomic E-state index is 0.0968. The average molecular weight is 404 g/mol. The van der Waals surface area contributed by atoms with E-state index in [1.807, 2.05) is 24.3 Å². The fraction of sp³-hybridized carbons (Fsp3) is 0.368. The Hall–Kier alpha value is -3.40. The summed E-state index contributed by atoms with van der Waals surface area (Å²) in [5, 5.41) is 23.7. The van der Waals surface area contributed by atoms with Crippen LogP contribution in [0.15, 0.2) is 30.5 Å². The van der Waals surface area contributed by atoms with Crippen molar-refractivity contribution in [2.45, 2.75) is 44.3 Å². The molecule has 2 rings (SSSR count). The van der Waals surface area contributed by atoms with E-state index in [4.69, 9.17) is 10.8 Å². The van der Waals surface area contributed by atoms with Gasteiger partial charge in [0.2, 0.25) is 11.8 Å². The zero-order valence-corrected chi connectivity index (χ0v) is 15.8. The van der Waals surface area contributed by atoms with Crippen LogP contribution in [0.3, 0.4) is 0 Å². The summed E-state index contributed by atoms with van der Waals surface area (Å²) in [6.45, 7) is 1.46. The number of fused-ring (bicyclic) bond motifs is 1. The fourth-order valence-corrected chi connectivity index (χ4v) is 2.83. The highest BCUT2D eigenvalue weighted by Gasteiger charge is 2.28. The Bertz CT molecular complexity index is 907. The molecule has 0 radical (unpaired) electrons. The van der Waals surface area contributed by atoms with Gasteiger partial charge in [-0.1, -0.05) is 18.2 Å². The topological polar surface area (TPSA) is 175 Å².